The molecule has 2 amide bonds. The molecule has 5 heteroatoms. The van der Waals surface area contributed by atoms with Gasteiger partial charge in [-0.25, -0.2) is 4.39 Å². The Bertz CT molecular complexity index is 1100. The molecule has 0 saturated carbocycles. The van der Waals surface area contributed by atoms with Gasteiger partial charge >= 0.3 is 0 Å². The van der Waals surface area contributed by atoms with Gasteiger partial charge in [0.05, 0.1) is 0 Å². The summed E-state index contributed by atoms with van der Waals surface area (Å²) in [5.41, 5.74) is 4.11. The standard InChI is InChI=1S/C31H37FN2O2/c1-4-23(3)33-31(36)29(21-26-9-7-6-8-10-26)34(22-27-15-18-28(32)19-16-27)30(35)20-17-25-13-11-24(5-2)12-14-25/h6-16,18-19,23,29H,4-5,17,20-22H2,1-3H3,(H,33,36)/t23-,29+/m1/s1. The fourth-order valence-electron chi connectivity index (χ4n) is 4.12. The molecule has 4 nitrogen and oxygen atoms in total. The number of halogens is 1. The lowest BCUT2D eigenvalue weighted by atomic mass is 10.0. The SMILES string of the molecule is CCc1ccc(CCC(=O)N(Cc2ccc(F)cc2)[C@@H](Cc2ccccc2)C(=O)N[C@H](C)CC)cc1. The minimum Gasteiger partial charge on any atom is -0.352 e. The fraction of sp³-hybridized carbons (Fsp3) is 0.355. The highest BCUT2D eigenvalue weighted by molar-refractivity contribution is 5.88. The minimum absolute atomic E-state index is 0.00405. The fourth-order valence-corrected chi connectivity index (χ4v) is 4.12. The summed E-state index contributed by atoms with van der Waals surface area (Å²) in [4.78, 5) is 28.8. The molecule has 2 atom stereocenters. The molecule has 0 aliphatic heterocycles. The van der Waals surface area contributed by atoms with Gasteiger partial charge in [0.1, 0.15) is 11.9 Å². The molecule has 0 bridgehead atoms. The van der Waals surface area contributed by atoms with Crippen molar-refractivity contribution in [3.05, 3.63) is 107 Å². The van der Waals surface area contributed by atoms with Crippen LogP contribution in [0.2, 0.25) is 0 Å². The number of nitrogens with zero attached hydrogens (tertiary/aromatic N) is 1. The molecule has 3 aromatic rings. The van der Waals surface area contributed by atoms with Crippen molar-refractivity contribution in [3.8, 4) is 0 Å². The number of benzene rings is 3. The highest BCUT2D eigenvalue weighted by Gasteiger charge is 2.30. The van der Waals surface area contributed by atoms with Crippen molar-refractivity contribution >= 4 is 11.8 Å². The van der Waals surface area contributed by atoms with Crippen molar-refractivity contribution in [2.75, 3.05) is 0 Å². The van der Waals surface area contributed by atoms with Crippen molar-refractivity contribution in [3.63, 3.8) is 0 Å². The number of nitrogens with one attached hydrogen (secondary N) is 1. The van der Waals surface area contributed by atoms with Gasteiger partial charge in [0.15, 0.2) is 0 Å². The number of carbonyl (C=O) groups is 2. The van der Waals surface area contributed by atoms with Gasteiger partial charge in [0.2, 0.25) is 11.8 Å². The largest absolute Gasteiger partial charge is 0.352 e. The molecule has 36 heavy (non-hydrogen) atoms. The van der Waals surface area contributed by atoms with E-state index in [1.165, 1.54) is 17.7 Å². The van der Waals surface area contributed by atoms with Gasteiger partial charge in [0.25, 0.3) is 0 Å². The monoisotopic (exact) mass is 488 g/mol. The van der Waals surface area contributed by atoms with Crippen LogP contribution >= 0.6 is 0 Å². The van der Waals surface area contributed by atoms with Crippen molar-refractivity contribution in [1.82, 2.24) is 10.2 Å². The Hall–Kier alpha value is -3.47. The summed E-state index contributed by atoms with van der Waals surface area (Å²) in [6.07, 6.45) is 3.05. The van der Waals surface area contributed by atoms with Crippen LogP contribution in [0.15, 0.2) is 78.9 Å². The van der Waals surface area contributed by atoms with Crippen LogP contribution in [0.3, 0.4) is 0 Å². The Morgan fingerprint density at radius 3 is 2.06 bits per heavy atom. The van der Waals surface area contributed by atoms with E-state index in [1.807, 2.05) is 44.2 Å². The lowest BCUT2D eigenvalue weighted by Gasteiger charge is -2.32. The van der Waals surface area contributed by atoms with E-state index in [1.54, 1.807) is 17.0 Å². The topological polar surface area (TPSA) is 49.4 Å². The van der Waals surface area contributed by atoms with Gasteiger partial charge in [-0.3, -0.25) is 9.59 Å². The molecule has 0 heterocycles. The third-order valence-electron chi connectivity index (χ3n) is 6.60. The molecule has 3 rings (SSSR count). The highest BCUT2D eigenvalue weighted by Crippen LogP contribution is 2.18. The molecule has 190 valence electrons. The second kappa shape index (κ2) is 13.6. The Morgan fingerprint density at radius 1 is 0.833 bits per heavy atom. The maximum absolute atomic E-state index is 13.7. The molecule has 0 aromatic heterocycles. The molecular formula is C31H37FN2O2. The maximum atomic E-state index is 13.7. The summed E-state index contributed by atoms with van der Waals surface area (Å²) >= 11 is 0. The van der Waals surface area contributed by atoms with Crippen LogP contribution in [0, 0.1) is 5.82 Å². The predicted molar refractivity (Wildman–Crippen MR) is 143 cm³/mol. The van der Waals surface area contributed by atoms with Gasteiger partial charge in [-0.05, 0) is 60.6 Å². The minimum atomic E-state index is -0.679. The lowest BCUT2D eigenvalue weighted by molar-refractivity contribution is -0.141. The van der Waals surface area contributed by atoms with Crippen LogP contribution < -0.4 is 5.32 Å². The average Bonchev–Trinajstić information content (AvgIpc) is 2.91. The van der Waals surface area contributed by atoms with Crippen molar-refractivity contribution in [2.24, 2.45) is 0 Å². The number of rotatable bonds is 12. The van der Waals surface area contributed by atoms with Crippen molar-refractivity contribution in [1.29, 1.82) is 0 Å². The highest BCUT2D eigenvalue weighted by atomic mass is 19.1. The smallest absolute Gasteiger partial charge is 0.243 e. The average molecular weight is 489 g/mol. The van der Waals surface area contributed by atoms with Gasteiger partial charge in [-0.1, -0.05) is 80.6 Å². The maximum Gasteiger partial charge on any atom is 0.243 e. The molecule has 0 radical (unpaired) electrons. The molecule has 3 aromatic carbocycles. The zero-order chi connectivity index (χ0) is 25.9. The van der Waals surface area contributed by atoms with Crippen molar-refractivity contribution < 1.29 is 14.0 Å². The lowest BCUT2D eigenvalue weighted by Crippen LogP contribution is -2.52. The van der Waals surface area contributed by atoms with E-state index in [4.69, 9.17) is 0 Å². The van der Waals surface area contributed by atoms with Gasteiger partial charge in [0, 0.05) is 25.4 Å². The van der Waals surface area contributed by atoms with E-state index in [-0.39, 0.29) is 36.6 Å². The van der Waals surface area contributed by atoms with E-state index >= 15 is 0 Å². The number of carbonyl (C=O) groups excluding carboxylic acids is 2. The molecule has 1 N–H and O–H groups in total. The number of amides is 2. The summed E-state index contributed by atoms with van der Waals surface area (Å²) in [6.45, 7) is 6.33. The Balaban J connectivity index is 1.88. The molecule has 0 unspecified atom stereocenters. The summed E-state index contributed by atoms with van der Waals surface area (Å²) in [7, 11) is 0. The van der Waals surface area contributed by atoms with Crippen LogP contribution in [-0.2, 0) is 35.4 Å². The molecule has 0 fully saturated rings. The number of hydrogen-bond donors (Lipinski definition) is 1. The first-order valence-corrected chi connectivity index (χ1v) is 12.9. The van der Waals surface area contributed by atoms with E-state index in [0.717, 1.165) is 29.5 Å². The number of aryl methyl sites for hydroxylation is 2. The third-order valence-corrected chi connectivity index (χ3v) is 6.60. The van der Waals surface area contributed by atoms with Crippen LogP contribution in [-0.4, -0.2) is 28.8 Å². The molecule has 0 aliphatic rings. The predicted octanol–water partition coefficient (Wildman–Crippen LogP) is 5.88. The second-order valence-corrected chi connectivity index (χ2v) is 9.34. The Morgan fingerprint density at radius 2 is 1.44 bits per heavy atom. The number of hydrogen-bond acceptors (Lipinski definition) is 2. The van der Waals surface area contributed by atoms with Crippen LogP contribution in [0.25, 0.3) is 0 Å². The van der Waals surface area contributed by atoms with Gasteiger partial charge < -0.3 is 10.2 Å². The van der Waals surface area contributed by atoms with Crippen LogP contribution in [0.1, 0.15) is 55.9 Å². The first-order chi connectivity index (χ1) is 17.4. The van der Waals surface area contributed by atoms with E-state index in [9.17, 15) is 14.0 Å². The summed E-state index contributed by atoms with van der Waals surface area (Å²) < 4.78 is 13.6. The van der Waals surface area contributed by atoms with Gasteiger partial charge in [-0.15, -0.1) is 0 Å². The van der Waals surface area contributed by atoms with Crippen LogP contribution in [0.5, 0.6) is 0 Å². The zero-order valence-electron chi connectivity index (χ0n) is 21.5. The summed E-state index contributed by atoms with van der Waals surface area (Å²) in [5, 5.41) is 3.07. The normalized spacial score (nSPS) is 12.6. The Kier molecular flexibility index (Phi) is 10.2. The Labute approximate surface area is 214 Å². The molecule has 0 spiro atoms. The zero-order valence-corrected chi connectivity index (χ0v) is 21.5. The summed E-state index contributed by atoms with van der Waals surface area (Å²) in [5.74, 6) is -0.599. The van der Waals surface area contributed by atoms with Crippen LogP contribution in [0.4, 0.5) is 4.39 Å². The first kappa shape index (κ1) is 27.1. The van der Waals surface area contributed by atoms with E-state index in [2.05, 4.69) is 36.5 Å². The molecular weight excluding hydrogens is 451 g/mol. The van der Waals surface area contributed by atoms with Gasteiger partial charge in [-0.2, -0.15) is 0 Å². The first-order valence-electron chi connectivity index (χ1n) is 12.9. The summed E-state index contributed by atoms with van der Waals surface area (Å²) in [6, 6.07) is 23.5. The van der Waals surface area contributed by atoms with Crippen molar-refractivity contribution in [2.45, 2.75) is 71.5 Å². The molecule has 0 aliphatic carbocycles. The van der Waals surface area contributed by atoms with E-state index < -0.39 is 6.04 Å². The second-order valence-electron chi connectivity index (χ2n) is 9.34. The molecule has 0 saturated heterocycles. The quantitative estimate of drug-likeness (QED) is 0.346. The van der Waals surface area contributed by atoms with E-state index in [0.29, 0.717) is 12.8 Å². The third kappa shape index (κ3) is 8.04.